The van der Waals surface area contributed by atoms with Crippen LogP contribution >= 0.6 is 0 Å². The van der Waals surface area contributed by atoms with Gasteiger partial charge in [-0.05, 0) is 6.92 Å². The van der Waals surface area contributed by atoms with E-state index < -0.39 is 6.10 Å². The van der Waals surface area contributed by atoms with E-state index in [1.807, 2.05) is 6.92 Å². The highest BCUT2D eigenvalue weighted by atomic mass is 16.3. The van der Waals surface area contributed by atoms with Crippen LogP contribution in [0.2, 0.25) is 0 Å². The summed E-state index contributed by atoms with van der Waals surface area (Å²) in [5.41, 5.74) is 0.608. The summed E-state index contributed by atoms with van der Waals surface area (Å²) in [7, 11) is 0. The fourth-order valence-corrected chi connectivity index (χ4v) is 0.679. The molecule has 3 heteroatoms. The highest BCUT2D eigenvalue weighted by Crippen LogP contribution is 2.10. The van der Waals surface area contributed by atoms with E-state index >= 15 is 0 Å². The first kappa shape index (κ1) is 7.28. The van der Waals surface area contributed by atoms with Crippen LogP contribution in [0.3, 0.4) is 0 Å². The molecule has 0 radical (unpaired) electrons. The number of rotatable bonds is 2. The van der Waals surface area contributed by atoms with Gasteiger partial charge in [0, 0.05) is 6.42 Å². The number of aliphatic hydroxyl groups is 1. The van der Waals surface area contributed by atoms with Crippen molar-refractivity contribution in [1.29, 1.82) is 0 Å². The molecule has 0 aliphatic rings. The van der Waals surface area contributed by atoms with Crippen molar-refractivity contribution in [2.24, 2.45) is 0 Å². The molecule has 3 nitrogen and oxygen atoms in total. The maximum absolute atomic E-state index is 9.01. The summed E-state index contributed by atoms with van der Waals surface area (Å²) in [6.07, 6.45) is 1.74. The molecule has 0 amide bonds. The van der Waals surface area contributed by atoms with Gasteiger partial charge in [0.2, 0.25) is 0 Å². The first-order valence-corrected chi connectivity index (χ1v) is 3.36. The average Bonchev–Trinajstić information content (AvgIpc) is 2.34. The van der Waals surface area contributed by atoms with Crippen LogP contribution in [-0.2, 0) is 6.42 Å². The third-order valence-electron chi connectivity index (χ3n) is 1.30. The Morgan fingerprint density at radius 3 is 2.80 bits per heavy atom. The van der Waals surface area contributed by atoms with E-state index in [2.05, 4.69) is 4.98 Å². The molecule has 1 rings (SSSR count). The monoisotopic (exact) mass is 141 g/mol. The predicted octanol–water partition coefficient (Wildman–Crippen LogP) is 1.29. The summed E-state index contributed by atoms with van der Waals surface area (Å²) in [6.45, 7) is 3.62. The lowest BCUT2D eigenvalue weighted by molar-refractivity contribution is 0.194. The second-order valence-corrected chi connectivity index (χ2v) is 2.20. The number of aliphatic hydroxyl groups excluding tert-OH is 1. The lowest BCUT2D eigenvalue weighted by atomic mass is 10.3. The fourth-order valence-electron chi connectivity index (χ4n) is 0.679. The molecule has 0 fully saturated rings. The van der Waals surface area contributed by atoms with Crippen LogP contribution in [0.15, 0.2) is 10.7 Å². The third kappa shape index (κ3) is 1.36. The minimum absolute atomic E-state index is 0.524. The van der Waals surface area contributed by atoms with Crippen molar-refractivity contribution in [2.45, 2.75) is 26.4 Å². The molecule has 0 aliphatic carbocycles. The summed E-state index contributed by atoms with van der Waals surface area (Å²) in [6, 6.07) is 0. The summed E-state index contributed by atoms with van der Waals surface area (Å²) >= 11 is 0. The van der Waals surface area contributed by atoms with Crippen LogP contribution in [0, 0.1) is 0 Å². The smallest absolute Gasteiger partial charge is 0.194 e. The summed E-state index contributed by atoms with van der Waals surface area (Å²) in [5, 5.41) is 9.01. The van der Waals surface area contributed by atoms with Crippen LogP contribution in [0.1, 0.15) is 31.5 Å². The Morgan fingerprint density at radius 2 is 2.50 bits per heavy atom. The van der Waals surface area contributed by atoms with Crippen LogP contribution in [0.5, 0.6) is 0 Å². The normalized spacial score (nSPS) is 13.5. The van der Waals surface area contributed by atoms with Gasteiger partial charge in [-0.2, -0.15) is 0 Å². The topological polar surface area (TPSA) is 46.3 Å². The zero-order valence-electron chi connectivity index (χ0n) is 6.16. The van der Waals surface area contributed by atoms with Crippen molar-refractivity contribution < 1.29 is 9.52 Å². The largest absolute Gasteiger partial charge is 0.449 e. The van der Waals surface area contributed by atoms with E-state index in [-0.39, 0.29) is 0 Å². The van der Waals surface area contributed by atoms with Crippen molar-refractivity contribution in [3.63, 3.8) is 0 Å². The molecule has 0 saturated heterocycles. The molecule has 1 heterocycles. The molecular weight excluding hydrogens is 130 g/mol. The lowest BCUT2D eigenvalue weighted by Crippen LogP contribution is -1.90. The van der Waals surface area contributed by atoms with E-state index in [9.17, 15) is 0 Å². The Labute approximate surface area is 59.7 Å². The molecule has 1 unspecified atom stereocenters. The third-order valence-corrected chi connectivity index (χ3v) is 1.30. The zero-order chi connectivity index (χ0) is 7.56. The van der Waals surface area contributed by atoms with Gasteiger partial charge in [0.25, 0.3) is 0 Å². The lowest BCUT2D eigenvalue weighted by Gasteiger charge is -1.93. The number of hydrogen-bond acceptors (Lipinski definition) is 3. The second-order valence-electron chi connectivity index (χ2n) is 2.20. The molecule has 0 bridgehead atoms. The number of nitrogens with zero attached hydrogens (tertiary/aromatic N) is 1. The second kappa shape index (κ2) is 2.84. The van der Waals surface area contributed by atoms with Gasteiger partial charge < -0.3 is 9.52 Å². The molecule has 56 valence electrons. The summed E-state index contributed by atoms with van der Waals surface area (Å²) in [5.74, 6) is 0.677. The van der Waals surface area contributed by atoms with Gasteiger partial charge in [0.15, 0.2) is 5.89 Å². The quantitative estimate of drug-likeness (QED) is 0.675. The Bertz CT molecular complexity index is 205. The first-order valence-electron chi connectivity index (χ1n) is 3.36. The van der Waals surface area contributed by atoms with E-state index in [0.29, 0.717) is 11.6 Å². The number of aryl methyl sites for hydroxylation is 1. The average molecular weight is 141 g/mol. The van der Waals surface area contributed by atoms with E-state index in [1.54, 1.807) is 6.92 Å². The Hall–Kier alpha value is -0.830. The van der Waals surface area contributed by atoms with Gasteiger partial charge in [-0.1, -0.05) is 6.92 Å². The van der Waals surface area contributed by atoms with Gasteiger partial charge in [-0.25, -0.2) is 4.98 Å². The molecule has 0 spiro atoms. The zero-order valence-corrected chi connectivity index (χ0v) is 6.16. The molecule has 0 saturated carbocycles. The molecular formula is C7H11NO2. The van der Waals surface area contributed by atoms with Crippen LogP contribution in [-0.4, -0.2) is 10.1 Å². The minimum atomic E-state index is -0.524. The highest BCUT2D eigenvalue weighted by Gasteiger charge is 2.05. The van der Waals surface area contributed by atoms with Crippen molar-refractivity contribution in [2.75, 3.05) is 0 Å². The van der Waals surface area contributed by atoms with Gasteiger partial charge in [-0.3, -0.25) is 0 Å². The van der Waals surface area contributed by atoms with Gasteiger partial charge in [0.05, 0.1) is 6.10 Å². The van der Waals surface area contributed by atoms with E-state index in [4.69, 9.17) is 9.52 Å². The minimum Gasteiger partial charge on any atom is -0.449 e. The van der Waals surface area contributed by atoms with Gasteiger partial charge in [0.1, 0.15) is 12.0 Å². The number of aromatic nitrogens is 1. The van der Waals surface area contributed by atoms with Crippen LogP contribution < -0.4 is 0 Å². The summed E-state index contributed by atoms with van der Waals surface area (Å²) in [4.78, 5) is 4.01. The fraction of sp³-hybridized carbons (Fsp3) is 0.571. The SMILES string of the molecule is CCc1nc(C(C)O)co1. The Kier molecular flexibility index (Phi) is 2.06. The molecule has 1 N–H and O–H groups in total. The van der Waals surface area contributed by atoms with Crippen molar-refractivity contribution in [3.05, 3.63) is 17.8 Å². The predicted molar refractivity (Wildman–Crippen MR) is 36.5 cm³/mol. The van der Waals surface area contributed by atoms with Crippen molar-refractivity contribution in [1.82, 2.24) is 4.98 Å². The van der Waals surface area contributed by atoms with Crippen LogP contribution in [0.25, 0.3) is 0 Å². The molecule has 0 aromatic carbocycles. The molecule has 1 atom stereocenters. The van der Waals surface area contributed by atoms with Crippen molar-refractivity contribution >= 4 is 0 Å². The summed E-state index contributed by atoms with van der Waals surface area (Å²) < 4.78 is 5.00. The van der Waals surface area contributed by atoms with Gasteiger partial charge >= 0.3 is 0 Å². The molecule has 0 aliphatic heterocycles. The maximum atomic E-state index is 9.01. The van der Waals surface area contributed by atoms with E-state index in [1.165, 1.54) is 6.26 Å². The molecule has 1 aromatic heterocycles. The van der Waals surface area contributed by atoms with Crippen LogP contribution in [0.4, 0.5) is 0 Å². The van der Waals surface area contributed by atoms with E-state index in [0.717, 1.165) is 6.42 Å². The molecule has 1 aromatic rings. The number of hydrogen-bond donors (Lipinski definition) is 1. The Balaban J connectivity index is 2.78. The maximum Gasteiger partial charge on any atom is 0.194 e. The standard InChI is InChI=1S/C7H11NO2/c1-3-7-8-6(4-10-7)5(2)9/h4-5,9H,3H2,1-2H3. The molecule has 10 heavy (non-hydrogen) atoms. The number of oxazole rings is 1. The highest BCUT2D eigenvalue weighted by molar-refractivity contribution is 4.98. The first-order chi connectivity index (χ1) is 4.74. The van der Waals surface area contributed by atoms with Gasteiger partial charge in [-0.15, -0.1) is 0 Å². The van der Waals surface area contributed by atoms with Crippen molar-refractivity contribution in [3.8, 4) is 0 Å². The Morgan fingerprint density at radius 1 is 1.80 bits per heavy atom.